The van der Waals surface area contributed by atoms with Crippen LogP contribution in [0.1, 0.15) is 21.5 Å². The van der Waals surface area contributed by atoms with Crippen molar-refractivity contribution < 1.29 is 4.79 Å². The highest BCUT2D eigenvalue weighted by molar-refractivity contribution is 6.11. The Bertz CT molecular complexity index is 827. The summed E-state index contributed by atoms with van der Waals surface area (Å²) in [6.07, 6.45) is 0. The van der Waals surface area contributed by atoms with Crippen LogP contribution >= 0.6 is 0 Å². The number of carbonyl (C=O) groups is 1. The second-order valence-corrected chi connectivity index (χ2v) is 4.48. The van der Waals surface area contributed by atoms with Crippen LogP contribution in [0, 0.1) is 6.92 Å². The maximum Gasteiger partial charge on any atom is 0.323 e. The maximum atomic E-state index is 12.4. The van der Waals surface area contributed by atoms with Crippen molar-refractivity contribution >= 4 is 16.8 Å². The van der Waals surface area contributed by atoms with Crippen molar-refractivity contribution in [2.45, 2.75) is 6.92 Å². The minimum atomic E-state index is -0.268. The summed E-state index contributed by atoms with van der Waals surface area (Å²) in [7, 11) is 0. The van der Waals surface area contributed by atoms with E-state index >= 15 is 0 Å². The molecule has 4 heteroatoms. The number of aryl methyl sites for hydroxylation is 1. The number of nitrogens with one attached hydrogen (secondary N) is 2. The first-order valence-electron chi connectivity index (χ1n) is 5.97. The van der Waals surface area contributed by atoms with Gasteiger partial charge in [-0.2, -0.15) is 0 Å². The standard InChI is InChI=1S/C15H12N2O2/c1-9-4-2-3-5-11(9)14(18)10-6-7-12-13(8-10)17-15(19)16-12/h2-8H,1H3,(H2,16,17,19). The lowest BCUT2D eigenvalue weighted by molar-refractivity contribution is 0.103. The van der Waals surface area contributed by atoms with E-state index in [2.05, 4.69) is 9.97 Å². The number of aromatic nitrogens is 2. The van der Waals surface area contributed by atoms with Crippen LogP contribution in [0.5, 0.6) is 0 Å². The molecule has 0 fully saturated rings. The van der Waals surface area contributed by atoms with Crippen molar-refractivity contribution in [1.29, 1.82) is 0 Å². The van der Waals surface area contributed by atoms with E-state index < -0.39 is 0 Å². The van der Waals surface area contributed by atoms with Crippen LogP contribution in [0.4, 0.5) is 0 Å². The molecule has 19 heavy (non-hydrogen) atoms. The Balaban J connectivity index is 2.11. The number of carbonyl (C=O) groups excluding carboxylic acids is 1. The van der Waals surface area contributed by atoms with Gasteiger partial charge in [0, 0.05) is 11.1 Å². The molecular formula is C15H12N2O2. The summed E-state index contributed by atoms with van der Waals surface area (Å²) in [6, 6.07) is 12.6. The highest BCUT2D eigenvalue weighted by Crippen LogP contribution is 2.16. The first kappa shape index (κ1) is 11.5. The smallest absolute Gasteiger partial charge is 0.306 e. The Morgan fingerprint density at radius 1 is 1.00 bits per heavy atom. The van der Waals surface area contributed by atoms with E-state index in [0.29, 0.717) is 22.2 Å². The van der Waals surface area contributed by atoms with Gasteiger partial charge in [0.1, 0.15) is 0 Å². The van der Waals surface area contributed by atoms with E-state index in [9.17, 15) is 9.59 Å². The molecule has 0 radical (unpaired) electrons. The number of imidazole rings is 1. The lowest BCUT2D eigenvalue weighted by atomic mass is 9.99. The predicted octanol–water partition coefficient (Wildman–Crippen LogP) is 2.40. The fraction of sp³-hybridized carbons (Fsp3) is 0.0667. The van der Waals surface area contributed by atoms with Crippen molar-refractivity contribution in [3.63, 3.8) is 0 Å². The summed E-state index contributed by atoms with van der Waals surface area (Å²) in [4.78, 5) is 28.9. The number of benzene rings is 2. The molecule has 1 aromatic heterocycles. The lowest BCUT2D eigenvalue weighted by Gasteiger charge is -2.04. The van der Waals surface area contributed by atoms with Gasteiger partial charge in [-0.3, -0.25) is 4.79 Å². The molecule has 0 saturated heterocycles. The van der Waals surface area contributed by atoms with Crippen LogP contribution in [-0.2, 0) is 0 Å². The minimum Gasteiger partial charge on any atom is -0.306 e. The van der Waals surface area contributed by atoms with Crippen LogP contribution < -0.4 is 5.69 Å². The number of H-pyrrole nitrogens is 2. The van der Waals surface area contributed by atoms with Crippen molar-refractivity contribution in [3.05, 3.63) is 69.6 Å². The molecule has 0 unspecified atom stereocenters. The second kappa shape index (κ2) is 4.24. The van der Waals surface area contributed by atoms with Gasteiger partial charge in [0.2, 0.25) is 0 Å². The van der Waals surface area contributed by atoms with Gasteiger partial charge in [0.15, 0.2) is 5.78 Å². The van der Waals surface area contributed by atoms with E-state index in [4.69, 9.17) is 0 Å². The monoisotopic (exact) mass is 252 g/mol. The molecule has 2 N–H and O–H groups in total. The summed E-state index contributed by atoms with van der Waals surface area (Å²) >= 11 is 0. The molecule has 4 nitrogen and oxygen atoms in total. The summed E-state index contributed by atoms with van der Waals surface area (Å²) in [5, 5.41) is 0. The topological polar surface area (TPSA) is 65.7 Å². The lowest BCUT2D eigenvalue weighted by Crippen LogP contribution is -2.03. The maximum absolute atomic E-state index is 12.4. The molecule has 0 atom stereocenters. The normalized spacial score (nSPS) is 10.8. The summed E-state index contributed by atoms with van der Waals surface area (Å²) < 4.78 is 0. The third kappa shape index (κ3) is 1.97. The Morgan fingerprint density at radius 2 is 1.74 bits per heavy atom. The van der Waals surface area contributed by atoms with E-state index in [0.717, 1.165) is 5.56 Å². The van der Waals surface area contributed by atoms with Gasteiger partial charge in [-0.1, -0.05) is 24.3 Å². The van der Waals surface area contributed by atoms with Crippen molar-refractivity contribution in [3.8, 4) is 0 Å². The van der Waals surface area contributed by atoms with E-state index in [1.165, 1.54) is 0 Å². The molecule has 3 aromatic rings. The number of hydrogen-bond acceptors (Lipinski definition) is 2. The zero-order valence-corrected chi connectivity index (χ0v) is 10.4. The van der Waals surface area contributed by atoms with Crippen LogP contribution in [-0.4, -0.2) is 15.8 Å². The number of ketones is 1. The van der Waals surface area contributed by atoms with Gasteiger partial charge in [-0.25, -0.2) is 4.79 Å². The first-order chi connectivity index (χ1) is 9.15. The summed E-state index contributed by atoms with van der Waals surface area (Å²) in [5.41, 5.74) is 3.26. The molecule has 94 valence electrons. The van der Waals surface area contributed by atoms with E-state index in [1.54, 1.807) is 18.2 Å². The van der Waals surface area contributed by atoms with Crippen molar-refractivity contribution in [1.82, 2.24) is 9.97 Å². The molecule has 2 aromatic carbocycles. The average molecular weight is 252 g/mol. The molecular weight excluding hydrogens is 240 g/mol. The van der Waals surface area contributed by atoms with E-state index in [-0.39, 0.29) is 11.5 Å². The Morgan fingerprint density at radius 3 is 2.53 bits per heavy atom. The van der Waals surface area contributed by atoms with Crippen LogP contribution in [0.2, 0.25) is 0 Å². The molecule has 0 amide bonds. The molecule has 1 heterocycles. The summed E-state index contributed by atoms with van der Waals surface area (Å²) in [6.45, 7) is 1.91. The number of hydrogen-bond donors (Lipinski definition) is 2. The molecule has 0 saturated carbocycles. The van der Waals surface area contributed by atoms with Crippen molar-refractivity contribution in [2.75, 3.05) is 0 Å². The van der Waals surface area contributed by atoms with E-state index in [1.807, 2.05) is 31.2 Å². The Hall–Kier alpha value is -2.62. The zero-order valence-electron chi connectivity index (χ0n) is 10.4. The number of aromatic amines is 2. The number of fused-ring (bicyclic) bond motifs is 1. The molecule has 0 bridgehead atoms. The molecule has 3 rings (SSSR count). The second-order valence-electron chi connectivity index (χ2n) is 4.48. The highest BCUT2D eigenvalue weighted by Gasteiger charge is 2.12. The fourth-order valence-electron chi connectivity index (χ4n) is 2.16. The van der Waals surface area contributed by atoms with Gasteiger partial charge >= 0.3 is 5.69 Å². The number of rotatable bonds is 2. The Labute approximate surface area is 109 Å². The minimum absolute atomic E-state index is 0.0398. The quantitative estimate of drug-likeness (QED) is 0.688. The van der Waals surface area contributed by atoms with Gasteiger partial charge in [0.05, 0.1) is 11.0 Å². The van der Waals surface area contributed by atoms with Gasteiger partial charge in [-0.05, 0) is 30.7 Å². The van der Waals surface area contributed by atoms with Crippen LogP contribution in [0.3, 0.4) is 0 Å². The average Bonchev–Trinajstić information content (AvgIpc) is 2.77. The molecule has 0 aliphatic heterocycles. The molecule has 0 spiro atoms. The third-order valence-corrected chi connectivity index (χ3v) is 3.17. The highest BCUT2D eigenvalue weighted by atomic mass is 16.1. The van der Waals surface area contributed by atoms with Gasteiger partial charge in [-0.15, -0.1) is 0 Å². The molecule has 0 aliphatic carbocycles. The fourth-order valence-corrected chi connectivity index (χ4v) is 2.16. The first-order valence-corrected chi connectivity index (χ1v) is 5.97. The van der Waals surface area contributed by atoms with Gasteiger partial charge in [0.25, 0.3) is 0 Å². The predicted molar refractivity (Wildman–Crippen MR) is 73.5 cm³/mol. The van der Waals surface area contributed by atoms with Crippen LogP contribution in [0.25, 0.3) is 11.0 Å². The molecule has 0 aliphatic rings. The largest absolute Gasteiger partial charge is 0.323 e. The Kier molecular flexibility index (Phi) is 2.56. The van der Waals surface area contributed by atoms with Crippen LogP contribution in [0.15, 0.2) is 47.3 Å². The zero-order chi connectivity index (χ0) is 13.4. The van der Waals surface area contributed by atoms with Gasteiger partial charge < -0.3 is 9.97 Å². The summed E-state index contributed by atoms with van der Waals surface area (Å²) in [5.74, 6) is -0.0398. The van der Waals surface area contributed by atoms with Crippen molar-refractivity contribution in [2.24, 2.45) is 0 Å². The third-order valence-electron chi connectivity index (χ3n) is 3.17. The SMILES string of the molecule is Cc1ccccc1C(=O)c1ccc2[nH]c(=O)[nH]c2c1.